The van der Waals surface area contributed by atoms with Crippen LogP contribution >= 0.6 is 8.19 Å². The Morgan fingerprint density at radius 3 is 2.72 bits per heavy atom. The van der Waals surface area contributed by atoms with E-state index in [0.717, 1.165) is 24.6 Å². The van der Waals surface area contributed by atoms with E-state index < -0.39 is 11.9 Å². The molecule has 1 aromatic carbocycles. The molecular formula is C14H13O3P. The van der Waals surface area contributed by atoms with Crippen LogP contribution in [0.2, 0.25) is 0 Å². The molecule has 0 saturated carbocycles. The summed E-state index contributed by atoms with van der Waals surface area (Å²) in [6.07, 6.45) is 0. The summed E-state index contributed by atoms with van der Waals surface area (Å²) in [6.45, 7) is 1.67. The molecule has 0 bridgehead atoms. The van der Waals surface area contributed by atoms with Crippen molar-refractivity contribution in [2.24, 2.45) is 0 Å². The molecule has 2 N–H and O–H groups in total. The van der Waals surface area contributed by atoms with Gasteiger partial charge in [0.15, 0.2) is 0 Å². The van der Waals surface area contributed by atoms with Gasteiger partial charge in [0.05, 0.1) is 5.92 Å². The standard InChI is InChI=1S/C14H13O3P/c1-9(14(16)17)12-6-3-7-18-13(12)10-4-2-5-11(15)8-10/h2-9,15H,1H3,(H,16,17)/t9-/m1/s1. The van der Waals surface area contributed by atoms with Gasteiger partial charge in [-0.3, -0.25) is 4.79 Å². The van der Waals surface area contributed by atoms with Crippen molar-refractivity contribution >= 4 is 14.2 Å². The summed E-state index contributed by atoms with van der Waals surface area (Å²) in [5, 5.41) is 19.6. The van der Waals surface area contributed by atoms with Crippen LogP contribution in [0.3, 0.4) is 0 Å². The van der Waals surface area contributed by atoms with Crippen LogP contribution in [-0.2, 0) is 4.79 Å². The highest BCUT2D eigenvalue weighted by Crippen LogP contribution is 2.36. The van der Waals surface area contributed by atoms with E-state index in [-0.39, 0.29) is 5.75 Å². The number of aromatic hydroxyl groups is 1. The molecule has 2 rings (SSSR count). The van der Waals surface area contributed by atoms with Gasteiger partial charge in [-0.2, -0.15) is 0 Å². The maximum atomic E-state index is 11.1. The van der Waals surface area contributed by atoms with Crippen molar-refractivity contribution in [1.29, 1.82) is 0 Å². The smallest absolute Gasteiger partial charge is 0.310 e. The number of phenolic OH excluding ortho intramolecular Hbond substituents is 1. The zero-order chi connectivity index (χ0) is 13.1. The van der Waals surface area contributed by atoms with Gasteiger partial charge in [0.2, 0.25) is 0 Å². The molecule has 0 aliphatic rings. The topological polar surface area (TPSA) is 57.5 Å². The molecule has 18 heavy (non-hydrogen) atoms. The third-order valence-corrected chi connectivity index (χ3v) is 3.89. The Balaban J connectivity index is 2.55. The summed E-state index contributed by atoms with van der Waals surface area (Å²) >= 11 is 0. The fraction of sp³-hybridized carbons (Fsp3) is 0.143. The van der Waals surface area contributed by atoms with E-state index >= 15 is 0 Å². The van der Waals surface area contributed by atoms with Crippen molar-refractivity contribution in [2.75, 3.05) is 0 Å². The lowest BCUT2D eigenvalue weighted by molar-refractivity contribution is -0.138. The van der Waals surface area contributed by atoms with Crippen LogP contribution in [0.5, 0.6) is 5.75 Å². The Morgan fingerprint density at radius 2 is 2.06 bits per heavy atom. The Morgan fingerprint density at radius 1 is 1.28 bits per heavy atom. The summed E-state index contributed by atoms with van der Waals surface area (Å²) in [6, 6.07) is 10.6. The first kappa shape index (κ1) is 12.6. The molecule has 1 heterocycles. The maximum Gasteiger partial charge on any atom is 0.310 e. The second kappa shape index (κ2) is 5.19. The number of rotatable bonds is 3. The number of phenols is 1. The number of carbonyl (C=O) groups is 1. The van der Waals surface area contributed by atoms with Gasteiger partial charge in [0.1, 0.15) is 5.75 Å². The van der Waals surface area contributed by atoms with Gasteiger partial charge in [0, 0.05) is 5.30 Å². The zero-order valence-electron chi connectivity index (χ0n) is 9.87. The highest BCUT2D eigenvalue weighted by Gasteiger charge is 2.18. The molecule has 0 spiro atoms. The molecule has 2 aromatic rings. The minimum atomic E-state index is -0.843. The second-order valence-corrected chi connectivity index (χ2v) is 5.06. The van der Waals surface area contributed by atoms with E-state index in [9.17, 15) is 9.90 Å². The first-order valence-corrected chi connectivity index (χ1v) is 6.53. The Kier molecular flexibility index (Phi) is 3.63. The van der Waals surface area contributed by atoms with Gasteiger partial charge in [-0.25, -0.2) is 0 Å². The SMILES string of the molecule is C[C@@H](C(=O)O)c1cccpc1-c1cccc(O)c1. The Hall–Kier alpha value is -1.86. The fourth-order valence-electron chi connectivity index (χ4n) is 1.79. The van der Waals surface area contributed by atoms with Crippen molar-refractivity contribution in [3.8, 4) is 16.6 Å². The number of hydrogen-bond acceptors (Lipinski definition) is 2. The van der Waals surface area contributed by atoms with Crippen LogP contribution in [-0.4, -0.2) is 16.2 Å². The summed E-state index contributed by atoms with van der Waals surface area (Å²) in [7, 11) is 0.949. The molecule has 3 nitrogen and oxygen atoms in total. The highest BCUT2D eigenvalue weighted by molar-refractivity contribution is 7.33. The Bertz CT molecular complexity index is 581. The number of hydrogen-bond donors (Lipinski definition) is 2. The lowest BCUT2D eigenvalue weighted by Crippen LogP contribution is -2.07. The minimum absolute atomic E-state index is 0.187. The van der Waals surface area contributed by atoms with Crippen LogP contribution in [0.25, 0.3) is 10.9 Å². The number of benzene rings is 1. The van der Waals surface area contributed by atoms with Crippen LogP contribution < -0.4 is 0 Å². The molecule has 0 aliphatic heterocycles. The monoisotopic (exact) mass is 260 g/mol. The number of carboxylic acid groups (broad SMARTS) is 1. The molecule has 0 saturated heterocycles. The number of aliphatic carboxylic acids is 1. The van der Waals surface area contributed by atoms with E-state index in [1.54, 1.807) is 25.1 Å². The van der Waals surface area contributed by atoms with Crippen molar-refractivity contribution in [3.05, 3.63) is 47.8 Å². The van der Waals surface area contributed by atoms with Crippen LogP contribution in [0.1, 0.15) is 18.4 Å². The molecular weight excluding hydrogens is 247 g/mol. The van der Waals surface area contributed by atoms with E-state index in [0.29, 0.717) is 0 Å². The maximum absolute atomic E-state index is 11.1. The van der Waals surface area contributed by atoms with Gasteiger partial charge in [-0.15, -0.1) is 0 Å². The van der Waals surface area contributed by atoms with Crippen LogP contribution in [0.15, 0.2) is 42.2 Å². The highest BCUT2D eigenvalue weighted by atomic mass is 31.0. The molecule has 4 heteroatoms. The van der Waals surface area contributed by atoms with Crippen molar-refractivity contribution in [1.82, 2.24) is 0 Å². The third-order valence-electron chi connectivity index (χ3n) is 2.80. The normalized spacial score (nSPS) is 12.5. The second-order valence-electron chi connectivity index (χ2n) is 4.05. The molecule has 1 atom stereocenters. The predicted molar refractivity (Wildman–Crippen MR) is 72.1 cm³/mol. The van der Waals surface area contributed by atoms with E-state index in [1.807, 2.05) is 24.0 Å². The van der Waals surface area contributed by atoms with Crippen molar-refractivity contribution in [2.45, 2.75) is 12.8 Å². The summed E-state index contributed by atoms with van der Waals surface area (Å²) < 4.78 is 0. The minimum Gasteiger partial charge on any atom is -0.508 e. The lowest BCUT2D eigenvalue weighted by atomic mass is 9.98. The van der Waals surface area contributed by atoms with Crippen molar-refractivity contribution in [3.63, 3.8) is 0 Å². The summed E-state index contributed by atoms with van der Waals surface area (Å²) in [4.78, 5) is 11.1. The average molecular weight is 260 g/mol. The van der Waals surface area contributed by atoms with E-state index in [4.69, 9.17) is 5.11 Å². The lowest BCUT2D eigenvalue weighted by Gasteiger charge is -2.12. The van der Waals surface area contributed by atoms with E-state index in [2.05, 4.69) is 0 Å². The van der Waals surface area contributed by atoms with Crippen molar-refractivity contribution < 1.29 is 15.0 Å². The molecule has 0 amide bonds. The average Bonchev–Trinajstić information content (AvgIpc) is 2.38. The summed E-state index contributed by atoms with van der Waals surface area (Å²) in [5.74, 6) is 0.744. The van der Waals surface area contributed by atoms with Gasteiger partial charge < -0.3 is 10.2 Å². The first-order valence-electron chi connectivity index (χ1n) is 5.56. The van der Waals surface area contributed by atoms with Gasteiger partial charge in [-0.1, -0.05) is 32.5 Å². The largest absolute Gasteiger partial charge is 0.508 e. The molecule has 0 radical (unpaired) electrons. The molecule has 0 aliphatic carbocycles. The number of carboxylic acids is 1. The summed E-state index contributed by atoms with van der Waals surface area (Å²) in [5.41, 5.74) is 1.65. The fourth-order valence-corrected chi connectivity index (χ4v) is 2.82. The van der Waals surface area contributed by atoms with E-state index in [1.165, 1.54) is 0 Å². The van der Waals surface area contributed by atoms with Crippen LogP contribution in [0.4, 0.5) is 0 Å². The van der Waals surface area contributed by atoms with Gasteiger partial charge in [0.25, 0.3) is 0 Å². The van der Waals surface area contributed by atoms with Gasteiger partial charge in [-0.05, 0) is 36.0 Å². The molecule has 92 valence electrons. The van der Waals surface area contributed by atoms with Gasteiger partial charge >= 0.3 is 5.97 Å². The Labute approximate surface area is 107 Å². The molecule has 1 aromatic heterocycles. The predicted octanol–water partition coefficient (Wildman–Crippen LogP) is 3.83. The third kappa shape index (κ3) is 2.52. The quantitative estimate of drug-likeness (QED) is 0.881. The molecule has 0 fully saturated rings. The zero-order valence-corrected chi connectivity index (χ0v) is 10.8. The van der Waals surface area contributed by atoms with Crippen LogP contribution in [0, 0.1) is 0 Å². The molecule has 0 unspecified atom stereocenters. The first-order chi connectivity index (χ1) is 8.59.